The molecule has 0 atom stereocenters. The topological polar surface area (TPSA) is 56.1 Å². The van der Waals surface area contributed by atoms with Crippen molar-refractivity contribution in [3.8, 4) is 5.75 Å². The van der Waals surface area contributed by atoms with Gasteiger partial charge in [-0.05, 0) is 43.2 Å². The first-order valence-electron chi connectivity index (χ1n) is 8.57. The molecule has 0 saturated carbocycles. The summed E-state index contributed by atoms with van der Waals surface area (Å²) < 4.78 is 7.30. The van der Waals surface area contributed by atoms with Gasteiger partial charge in [0.15, 0.2) is 0 Å². The minimum Gasteiger partial charge on any atom is -0.494 e. The summed E-state index contributed by atoms with van der Waals surface area (Å²) in [5.41, 5.74) is 3.32. The van der Waals surface area contributed by atoms with Crippen LogP contribution < -0.4 is 10.1 Å². The highest BCUT2D eigenvalue weighted by Gasteiger charge is 2.07. The van der Waals surface area contributed by atoms with E-state index in [2.05, 4.69) is 23.4 Å². The summed E-state index contributed by atoms with van der Waals surface area (Å²) in [7, 11) is 0. The molecular formula is C20H23N3O2. The molecule has 5 heteroatoms. The Labute approximate surface area is 147 Å². The van der Waals surface area contributed by atoms with Crippen molar-refractivity contribution in [2.45, 2.75) is 33.4 Å². The van der Waals surface area contributed by atoms with E-state index >= 15 is 0 Å². The maximum Gasteiger partial charge on any atom is 0.222 e. The molecule has 130 valence electrons. The minimum atomic E-state index is 0.0187. The number of aryl methyl sites for hydroxylation is 2. The Morgan fingerprint density at radius 3 is 2.76 bits per heavy atom. The monoisotopic (exact) mass is 337 g/mol. The van der Waals surface area contributed by atoms with E-state index in [9.17, 15) is 4.79 Å². The van der Waals surface area contributed by atoms with Crippen molar-refractivity contribution in [3.63, 3.8) is 0 Å². The number of hydrogen-bond donors (Lipinski definition) is 1. The van der Waals surface area contributed by atoms with Gasteiger partial charge in [0.25, 0.3) is 0 Å². The van der Waals surface area contributed by atoms with E-state index in [1.807, 2.05) is 54.2 Å². The fourth-order valence-electron chi connectivity index (χ4n) is 2.79. The molecule has 0 spiro atoms. The molecule has 0 radical (unpaired) electrons. The normalized spacial score (nSPS) is 10.8. The molecule has 1 N–H and O–H groups in total. The van der Waals surface area contributed by atoms with Crippen LogP contribution in [-0.2, 0) is 17.9 Å². The molecule has 0 fully saturated rings. The highest BCUT2D eigenvalue weighted by Crippen LogP contribution is 2.17. The van der Waals surface area contributed by atoms with Gasteiger partial charge in [-0.25, -0.2) is 0 Å². The molecule has 1 aromatic heterocycles. The van der Waals surface area contributed by atoms with Crippen LogP contribution in [0.25, 0.3) is 10.9 Å². The summed E-state index contributed by atoms with van der Waals surface area (Å²) in [5, 5.41) is 8.48. The van der Waals surface area contributed by atoms with Crippen LogP contribution >= 0.6 is 0 Å². The number of ether oxygens (including phenoxy) is 1. The van der Waals surface area contributed by atoms with Crippen LogP contribution in [0.1, 0.15) is 24.5 Å². The van der Waals surface area contributed by atoms with Crippen LogP contribution in [0.5, 0.6) is 5.75 Å². The quantitative estimate of drug-likeness (QED) is 0.718. The Morgan fingerprint density at radius 1 is 1.20 bits per heavy atom. The number of benzene rings is 2. The first kappa shape index (κ1) is 17.0. The lowest BCUT2D eigenvalue weighted by molar-refractivity contribution is -0.121. The lowest BCUT2D eigenvalue weighted by atomic mass is 10.1. The number of nitrogens with zero attached hydrogens (tertiary/aromatic N) is 2. The zero-order valence-corrected chi connectivity index (χ0v) is 14.7. The zero-order valence-electron chi connectivity index (χ0n) is 14.7. The van der Waals surface area contributed by atoms with Crippen LogP contribution in [-0.4, -0.2) is 22.3 Å². The predicted molar refractivity (Wildman–Crippen MR) is 98.5 cm³/mol. The molecule has 1 heterocycles. The molecule has 0 aliphatic heterocycles. The average Bonchev–Trinajstić information content (AvgIpc) is 3.04. The summed E-state index contributed by atoms with van der Waals surface area (Å²) in [4.78, 5) is 12.1. The molecule has 3 aromatic rings. The van der Waals surface area contributed by atoms with Crippen molar-refractivity contribution >= 4 is 16.8 Å². The number of amides is 1. The van der Waals surface area contributed by atoms with Gasteiger partial charge in [-0.2, -0.15) is 5.10 Å². The Balaban J connectivity index is 1.51. The van der Waals surface area contributed by atoms with Crippen LogP contribution in [0.4, 0.5) is 0 Å². The first-order valence-corrected chi connectivity index (χ1v) is 8.57. The number of nitrogens with one attached hydrogen (secondary N) is 1. The summed E-state index contributed by atoms with van der Waals surface area (Å²) in [6.45, 7) is 5.76. The van der Waals surface area contributed by atoms with Crippen LogP contribution in [0, 0.1) is 6.92 Å². The summed E-state index contributed by atoms with van der Waals surface area (Å²) in [5.74, 6) is 0.864. The molecule has 2 aromatic carbocycles. The van der Waals surface area contributed by atoms with Crippen molar-refractivity contribution < 1.29 is 9.53 Å². The van der Waals surface area contributed by atoms with Crippen LogP contribution in [0.2, 0.25) is 0 Å². The van der Waals surface area contributed by atoms with Gasteiger partial charge in [0.05, 0.1) is 24.9 Å². The number of aromatic nitrogens is 2. The maximum atomic E-state index is 12.1. The molecule has 25 heavy (non-hydrogen) atoms. The van der Waals surface area contributed by atoms with Crippen LogP contribution in [0.3, 0.4) is 0 Å². The molecule has 0 bridgehead atoms. The molecular weight excluding hydrogens is 314 g/mol. The third-order valence-electron chi connectivity index (χ3n) is 4.18. The standard InChI is InChI=1S/C20H23N3O2/c1-3-25-17-9-7-16(8-10-17)13-21-20(24)11-12-23-19-6-4-5-15(2)18(19)14-22-23/h4-10,14H,3,11-13H2,1-2H3,(H,21,24). The van der Waals surface area contributed by atoms with Gasteiger partial charge in [0.2, 0.25) is 5.91 Å². The van der Waals surface area contributed by atoms with Crippen molar-refractivity contribution in [1.82, 2.24) is 15.1 Å². The van der Waals surface area contributed by atoms with E-state index in [4.69, 9.17) is 4.74 Å². The second-order valence-electron chi connectivity index (χ2n) is 5.98. The van der Waals surface area contributed by atoms with Crippen LogP contribution in [0.15, 0.2) is 48.7 Å². The van der Waals surface area contributed by atoms with Gasteiger partial charge in [0.1, 0.15) is 5.75 Å². The fraction of sp³-hybridized carbons (Fsp3) is 0.300. The van der Waals surface area contributed by atoms with E-state index in [0.29, 0.717) is 26.1 Å². The lowest BCUT2D eigenvalue weighted by Crippen LogP contribution is -2.24. The zero-order chi connectivity index (χ0) is 17.6. The SMILES string of the molecule is CCOc1ccc(CNC(=O)CCn2ncc3c(C)cccc32)cc1. The van der Waals surface area contributed by atoms with Gasteiger partial charge in [-0.3, -0.25) is 9.48 Å². The predicted octanol–water partition coefficient (Wildman–Crippen LogP) is 3.45. The molecule has 5 nitrogen and oxygen atoms in total. The van der Waals surface area contributed by atoms with Crippen molar-refractivity contribution in [3.05, 3.63) is 59.8 Å². The second-order valence-corrected chi connectivity index (χ2v) is 5.98. The van der Waals surface area contributed by atoms with Crippen molar-refractivity contribution in [1.29, 1.82) is 0 Å². The van der Waals surface area contributed by atoms with E-state index in [0.717, 1.165) is 22.2 Å². The minimum absolute atomic E-state index is 0.0187. The Kier molecular flexibility index (Phi) is 5.33. The maximum absolute atomic E-state index is 12.1. The fourth-order valence-corrected chi connectivity index (χ4v) is 2.79. The summed E-state index contributed by atoms with van der Waals surface area (Å²) >= 11 is 0. The largest absolute Gasteiger partial charge is 0.494 e. The van der Waals surface area contributed by atoms with E-state index < -0.39 is 0 Å². The molecule has 0 unspecified atom stereocenters. The third kappa shape index (κ3) is 4.18. The summed E-state index contributed by atoms with van der Waals surface area (Å²) in [6, 6.07) is 13.9. The number of fused-ring (bicyclic) bond motifs is 1. The number of carbonyl (C=O) groups excluding carboxylic acids is 1. The Bertz CT molecular complexity index is 853. The lowest BCUT2D eigenvalue weighted by Gasteiger charge is -2.08. The van der Waals surface area contributed by atoms with Crippen molar-refractivity contribution in [2.75, 3.05) is 6.61 Å². The highest BCUT2D eigenvalue weighted by molar-refractivity contribution is 5.82. The van der Waals surface area contributed by atoms with Gasteiger partial charge >= 0.3 is 0 Å². The van der Waals surface area contributed by atoms with E-state index in [1.165, 1.54) is 5.56 Å². The number of carbonyl (C=O) groups is 1. The number of hydrogen-bond acceptors (Lipinski definition) is 3. The highest BCUT2D eigenvalue weighted by atomic mass is 16.5. The van der Waals surface area contributed by atoms with Gasteiger partial charge < -0.3 is 10.1 Å². The molecule has 0 saturated heterocycles. The van der Waals surface area contributed by atoms with Gasteiger partial charge in [-0.1, -0.05) is 24.3 Å². The third-order valence-corrected chi connectivity index (χ3v) is 4.18. The van der Waals surface area contributed by atoms with Gasteiger partial charge in [0, 0.05) is 18.4 Å². The second kappa shape index (κ2) is 7.83. The van der Waals surface area contributed by atoms with E-state index in [1.54, 1.807) is 0 Å². The first-order chi connectivity index (χ1) is 12.2. The Hall–Kier alpha value is -2.82. The smallest absolute Gasteiger partial charge is 0.222 e. The molecule has 3 rings (SSSR count). The van der Waals surface area contributed by atoms with Crippen molar-refractivity contribution in [2.24, 2.45) is 0 Å². The Morgan fingerprint density at radius 2 is 2.00 bits per heavy atom. The van der Waals surface area contributed by atoms with Gasteiger partial charge in [-0.15, -0.1) is 0 Å². The van der Waals surface area contributed by atoms with E-state index in [-0.39, 0.29) is 5.91 Å². The molecule has 0 aliphatic rings. The number of rotatable bonds is 7. The molecule has 1 amide bonds. The molecule has 0 aliphatic carbocycles. The summed E-state index contributed by atoms with van der Waals surface area (Å²) in [6.07, 6.45) is 2.27. The average molecular weight is 337 g/mol.